The molecule has 1 amide bonds. The third-order valence-electron chi connectivity index (χ3n) is 4.62. The van der Waals surface area contributed by atoms with Crippen molar-refractivity contribution in [1.29, 1.82) is 0 Å². The van der Waals surface area contributed by atoms with Crippen LogP contribution in [0, 0.1) is 6.92 Å². The maximum absolute atomic E-state index is 12.9. The lowest BCUT2D eigenvalue weighted by atomic mass is 9.95. The highest BCUT2D eigenvalue weighted by molar-refractivity contribution is 7.09. The smallest absolute Gasteiger partial charge is 0.230 e. The van der Waals surface area contributed by atoms with Crippen molar-refractivity contribution >= 4 is 17.2 Å². The molecular formula is C19H25N3OS. The van der Waals surface area contributed by atoms with E-state index in [1.54, 1.807) is 11.3 Å². The summed E-state index contributed by atoms with van der Waals surface area (Å²) in [6.07, 6.45) is 0.849. The number of hydrogen-bond donors (Lipinski definition) is 0. The van der Waals surface area contributed by atoms with Crippen LogP contribution in [0.3, 0.4) is 0 Å². The van der Waals surface area contributed by atoms with Crippen LogP contribution in [0.5, 0.6) is 0 Å². The number of nitrogens with zero attached hydrogens (tertiary/aromatic N) is 3. The number of carbonyl (C=O) groups is 1. The Morgan fingerprint density at radius 3 is 2.50 bits per heavy atom. The predicted octanol–water partition coefficient (Wildman–Crippen LogP) is 3.29. The minimum atomic E-state index is -0.0145. The molecule has 2 heterocycles. The Balaban J connectivity index is 1.56. The van der Waals surface area contributed by atoms with Crippen molar-refractivity contribution < 1.29 is 4.79 Å². The van der Waals surface area contributed by atoms with E-state index in [0.29, 0.717) is 0 Å². The first-order chi connectivity index (χ1) is 11.7. The Morgan fingerprint density at radius 1 is 1.21 bits per heavy atom. The predicted molar refractivity (Wildman–Crippen MR) is 98.2 cm³/mol. The topological polar surface area (TPSA) is 36.4 Å². The van der Waals surface area contributed by atoms with Gasteiger partial charge in [0.25, 0.3) is 0 Å². The van der Waals surface area contributed by atoms with Crippen LogP contribution in [-0.2, 0) is 11.3 Å². The molecule has 0 radical (unpaired) electrons. The van der Waals surface area contributed by atoms with Gasteiger partial charge in [-0.2, -0.15) is 0 Å². The Bertz CT molecular complexity index is 662. The average Bonchev–Trinajstić information content (AvgIpc) is 3.02. The molecule has 1 fully saturated rings. The molecule has 1 saturated heterocycles. The normalized spacial score (nSPS) is 17.0. The highest BCUT2D eigenvalue weighted by atomic mass is 32.1. The second kappa shape index (κ2) is 7.90. The fourth-order valence-electron chi connectivity index (χ4n) is 3.25. The molecule has 0 aliphatic carbocycles. The van der Waals surface area contributed by atoms with Crippen molar-refractivity contribution in [3.63, 3.8) is 0 Å². The molecule has 1 aliphatic rings. The molecule has 5 heteroatoms. The molecule has 0 spiro atoms. The quantitative estimate of drug-likeness (QED) is 0.836. The van der Waals surface area contributed by atoms with Gasteiger partial charge in [-0.05, 0) is 18.9 Å². The first-order valence-electron chi connectivity index (χ1n) is 8.64. The number of piperazine rings is 1. The van der Waals surface area contributed by atoms with Gasteiger partial charge in [-0.15, -0.1) is 11.3 Å². The van der Waals surface area contributed by atoms with Crippen LogP contribution in [0.15, 0.2) is 35.7 Å². The van der Waals surface area contributed by atoms with Crippen molar-refractivity contribution in [2.24, 2.45) is 0 Å². The minimum Gasteiger partial charge on any atom is -0.340 e. The fraction of sp³-hybridized carbons (Fsp3) is 0.474. The second-order valence-corrected chi connectivity index (χ2v) is 7.30. The molecule has 1 aromatic carbocycles. The van der Waals surface area contributed by atoms with Crippen molar-refractivity contribution in [2.45, 2.75) is 32.7 Å². The van der Waals surface area contributed by atoms with E-state index in [9.17, 15) is 4.79 Å². The summed E-state index contributed by atoms with van der Waals surface area (Å²) < 4.78 is 0. The van der Waals surface area contributed by atoms with E-state index in [1.807, 2.05) is 30.0 Å². The van der Waals surface area contributed by atoms with Crippen molar-refractivity contribution in [3.05, 3.63) is 52.0 Å². The zero-order valence-corrected chi connectivity index (χ0v) is 15.3. The fourth-order valence-corrected chi connectivity index (χ4v) is 4.06. The van der Waals surface area contributed by atoms with E-state index >= 15 is 0 Å². The lowest BCUT2D eigenvalue weighted by molar-refractivity contribution is -0.134. The van der Waals surface area contributed by atoms with E-state index in [0.717, 1.165) is 50.4 Å². The Hall–Kier alpha value is -1.72. The number of amides is 1. The summed E-state index contributed by atoms with van der Waals surface area (Å²) in [5, 5.41) is 3.27. The lowest BCUT2D eigenvalue weighted by Crippen LogP contribution is -2.49. The molecule has 0 bridgehead atoms. The largest absolute Gasteiger partial charge is 0.340 e. The standard InChI is InChI=1S/C19H25N3OS/c1-3-17(16-7-5-4-6-8-16)19(23)22-11-9-21(10-12-22)13-18-20-15(2)14-24-18/h4-8,14,17H,3,9-13H2,1-2H3. The van der Waals surface area contributed by atoms with Gasteiger partial charge >= 0.3 is 0 Å². The molecule has 0 saturated carbocycles. The van der Waals surface area contributed by atoms with Crippen LogP contribution in [0.4, 0.5) is 0 Å². The molecule has 1 aliphatic heterocycles. The molecule has 1 aromatic heterocycles. The third kappa shape index (κ3) is 4.02. The molecule has 3 rings (SSSR count). The van der Waals surface area contributed by atoms with Crippen LogP contribution in [-0.4, -0.2) is 46.9 Å². The number of aromatic nitrogens is 1. The van der Waals surface area contributed by atoms with Crippen molar-refractivity contribution in [3.8, 4) is 0 Å². The molecule has 2 aromatic rings. The summed E-state index contributed by atoms with van der Waals surface area (Å²) in [6, 6.07) is 10.2. The second-order valence-electron chi connectivity index (χ2n) is 6.36. The van der Waals surface area contributed by atoms with E-state index < -0.39 is 0 Å². The summed E-state index contributed by atoms with van der Waals surface area (Å²) in [5.41, 5.74) is 2.23. The van der Waals surface area contributed by atoms with Gasteiger partial charge < -0.3 is 4.90 Å². The van der Waals surface area contributed by atoms with Gasteiger partial charge in [0.2, 0.25) is 5.91 Å². The minimum absolute atomic E-state index is 0.0145. The number of benzene rings is 1. The lowest BCUT2D eigenvalue weighted by Gasteiger charge is -2.36. The van der Waals surface area contributed by atoms with Gasteiger partial charge in [-0.1, -0.05) is 37.3 Å². The Morgan fingerprint density at radius 2 is 1.92 bits per heavy atom. The number of thiazole rings is 1. The summed E-state index contributed by atoms with van der Waals surface area (Å²) in [4.78, 5) is 21.9. The summed E-state index contributed by atoms with van der Waals surface area (Å²) in [7, 11) is 0. The molecule has 0 N–H and O–H groups in total. The maximum Gasteiger partial charge on any atom is 0.230 e. The highest BCUT2D eigenvalue weighted by Crippen LogP contribution is 2.23. The van der Waals surface area contributed by atoms with Gasteiger partial charge in [0.15, 0.2) is 0 Å². The number of aryl methyl sites for hydroxylation is 1. The molecule has 4 nitrogen and oxygen atoms in total. The molecule has 1 atom stereocenters. The summed E-state index contributed by atoms with van der Waals surface area (Å²) >= 11 is 1.72. The van der Waals surface area contributed by atoms with Crippen LogP contribution in [0.1, 0.15) is 35.5 Å². The zero-order chi connectivity index (χ0) is 16.9. The monoisotopic (exact) mass is 343 g/mol. The van der Waals surface area contributed by atoms with Crippen molar-refractivity contribution in [2.75, 3.05) is 26.2 Å². The van der Waals surface area contributed by atoms with Gasteiger partial charge in [0.05, 0.1) is 12.5 Å². The van der Waals surface area contributed by atoms with E-state index in [4.69, 9.17) is 0 Å². The Labute approximate surface area is 148 Å². The first-order valence-corrected chi connectivity index (χ1v) is 9.52. The molecular weight excluding hydrogens is 318 g/mol. The molecule has 1 unspecified atom stereocenters. The van der Waals surface area contributed by atoms with E-state index in [1.165, 1.54) is 5.01 Å². The number of rotatable bonds is 5. The van der Waals surface area contributed by atoms with Crippen LogP contribution in [0.2, 0.25) is 0 Å². The van der Waals surface area contributed by atoms with Crippen LogP contribution in [0.25, 0.3) is 0 Å². The molecule has 24 heavy (non-hydrogen) atoms. The SMILES string of the molecule is CCC(C(=O)N1CCN(Cc2nc(C)cs2)CC1)c1ccccc1. The van der Waals surface area contributed by atoms with Gasteiger partial charge in [-0.25, -0.2) is 4.98 Å². The van der Waals surface area contributed by atoms with Crippen LogP contribution >= 0.6 is 11.3 Å². The zero-order valence-electron chi connectivity index (χ0n) is 14.4. The summed E-state index contributed by atoms with van der Waals surface area (Å²) in [5.74, 6) is 0.257. The van der Waals surface area contributed by atoms with E-state index in [-0.39, 0.29) is 11.8 Å². The number of carbonyl (C=O) groups excluding carboxylic acids is 1. The summed E-state index contributed by atoms with van der Waals surface area (Å²) in [6.45, 7) is 8.50. The Kier molecular flexibility index (Phi) is 5.63. The third-order valence-corrected chi connectivity index (χ3v) is 5.57. The van der Waals surface area contributed by atoms with Crippen LogP contribution < -0.4 is 0 Å². The van der Waals surface area contributed by atoms with Crippen molar-refractivity contribution in [1.82, 2.24) is 14.8 Å². The van der Waals surface area contributed by atoms with E-state index in [2.05, 4.69) is 34.3 Å². The first kappa shape index (κ1) is 17.1. The van der Waals surface area contributed by atoms with Gasteiger partial charge in [0.1, 0.15) is 5.01 Å². The van der Waals surface area contributed by atoms with Gasteiger partial charge in [0, 0.05) is 37.3 Å². The molecule has 128 valence electrons. The highest BCUT2D eigenvalue weighted by Gasteiger charge is 2.27. The maximum atomic E-state index is 12.9. The average molecular weight is 343 g/mol. The number of hydrogen-bond acceptors (Lipinski definition) is 4. The van der Waals surface area contributed by atoms with Gasteiger partial charge in [-0.3, -0.25) is 9.69 Å².